The first-order valence-electron chi connectivity index (χ1n) is 7.63. The summed E-state index contributed by atoms with van der Waals surface area (Å²) in [6, 6.07) is 15.7. The van der Waals surface area contributed by atoms with Crippen molar-refractivity contribution in [1.82, 2.24) is 0 Å². The Hall–Kier alpha value is -2.62. The predicted molar refractivity (Wildman–Crippen MR) is 83.2 cm³/mol. The second kappa shape index (κ2) is 4.95. The molecular weight excluding hydrogens is 292 g/mol. The van der Waals surface area contributed by atoms with E-state index in [2.05, 4.69) is 0 Å². The zero-order valence-corrected chi connectivity index (χ0v) is 12.6. The van der Waals surface area contributed by atoms with E-state index in [1.807, 2.05) is 48.5 Å². The van der Waals surface area contributed by atoms with Gasteiger partial charge in [0.2, 0.25) is 0 Å². The van der Waals surface area contributed by atoms with Crippen molar-refractivity contribution in [3.63, 3.8) is 0 Å². The lowest BCUT2D eigenvalue weighted by Crippen LogP contribution is -2.47. The fourth-order valence-electron chi connectivity index (χ4n) is 4.39. The van der Waals surface area contributed by atoms with E-state index >= 15 is 0 Å². The van der Waals surface area contributed by atoms with Crippen LogP contribution >= 0.6 is 0 Å². The topological polar surface area (TPSA) is 63.6 Å². The third kappa shape index (κ3) is 1.78. The van der Waals surface area contributed by atoms with Crippen LogP contribution in [-0.2, 0) is 14.3 Å². The first kappa shape index (κ1) is 14.0. The summed E-state index contributed by atoms with van der Waals surface area (Å²) >= 11 is 0. The zero-order valence-electron chi connectivity index (χ0n) is 12.6. The van der Waals surface area contributed by atoms with E-state index in [9.17, 15) is 14.7 Å². The molecule has 0 radical (unpaired) electrons. The van der Waals surface area contributed by atoms with Crippen molar-refractivity contribution in [2.45, 2.75) is 11.8 Å². The summed E-state index contributed by atoms with van der Waals surface area (Å²) in [5, 5.41) is 9.82. The highest BCUT2D eigenvalue weighted by Crippen LogP contribution is 2.58. The number of carbonyl (C=O) groups is 2. The van der Waals surface area contributed by atoms with Crippen LogP contribution in [0.4, 0.5) is 0 Å². The number of aliphatic carboxylic acids is 1. The van der Waals surface area contributed by atoms with Crippen molar-refractivity contribution in [3.8, 4) is 0 Å². The molecule has 0 amide bonds. The summed E-state index contributed by atoms with van der Waals surface area (Å²) in [4.78, 5) is 24.4. The number of carbonyl (C=O) groups excluding carboxylic acids is 1. The summed E-state index contributed by atoms with van der Waals surface area (Å²) in [6.45, 7) is 0. The van der Waals surface area contributed by atoms with E-state index in [0.29, 0.717) is 0 Å². The fraction of sp³-hybridized carbons (Fsp3) is 0.263. The van der Waals surface area contributed by atoms with E-state index in [4.69, 9.17) is 4.74 Å². The van der Waals surface area contributed by atoms with Crippen LogP contribution in [0.2, 0.25) is 0 Å². The summed E-state index contributed by atoms with van der Waals surface area (Å²) in [5.74, 6) is -3.45. The quantitative estimate of drug-likeness (QED) is 0.867. The molecule has 0 aromatic heterocycles. The molecular formula is C19H16O4. The molecule has 116 valence electrons. The molecule has 0 spiro atoms. The van der Waals surface area contributed by atoms with E-state index in [0.717, 1.165) is 22.3 Å². The molecule has 4 nitrogen and oxygen atoms in total. The zero-order chi connectivity index (χ0) is 16.1. The number of hydrogen-bond donors (Lipinski definition) is 1. The third-order valence-electron chi connectivity index (χ3n) is 5.20. The van der Waals surface area contributed by atoms with Gasteiger partial charge in [-0.1, -0.05) is 48.5 Å². The van der Waals surface area contributed by atoms with Gasteiger partial charge >= 0.3 is 11.9 Å². The molecule has 5 rings (SSSR count). The molecule has 3 aliphatic rings. The van der Waals surface area contributed by atoms with Crippen molar-refractivity contribution in [3.05, 3.63) is 70.8 Å². The second-order valence-electron chi connectivity index (χ2n) is 6.13. The molecule has 4 heteroatoms. The number of rotatable bonds is 2. The number of hydrogen-bond acceptors (Lipinski definition) is 3. The molecule has 0 aliphatic heterocycles. The van der Waals surface area contributed by atoms with Crippen molar-refractivity contribution in [2.24, 2.45) is 11.8 Å². The molecule has 1 N–H and O–H groups in total. The highest BCUT2D eigenvalue weighted by Gasteiger charge is 2.55. The standard InChI is InChI=1S/C19H16O4/c1-23-19(22)17-15-12-8-4-2-6-10(12)14(16(17)18(20)21)11-7-3-5-9-13(11)15/h2-9,14-17H,1H3,(H,20,21)/t14-,15-,16?,17?. The number of carboxylic acid groups (broad SMARTS) is 1. The Morgan fingerprint density at radius 1 is 0.826 bits per heavy atom. The average Bonchev–Trinajstić information content (AvgIpc) is 2.60. The van der Waals surface area contributed by atoms with Gasteiger partial charge in [0.1, 0.15) is 0 Å². The van der Waals surface area contributed by atoms with Gasteiger partial charge in [-0.2, -0.15) is 0 Å². The Bertz CT molecular complexity index is 763. The minimum Gasteiger partial charge on any atom is -0.481 e. The number of benzene rings is 2. The Balaban J connectivity index is 2.03. The van der Waals surface area contributed by atoms with Gasteiger partial charge in [0.15, 0.2) is 0 Å². The lowest BCUT2D eigenvalue weighted by Gasteiger charge is -2.47. The van der Waals surface area contributed by atoms with Crippen LogP contribution in [-0.4, -0.2) is 24.2 Å². The minimum atomic E-state index is -0.945. The average molecular weight is 308 g/mol. The van der Waals surface area contributed by atoms with Gasteiger partial charge in [-0.05, 0) is 22.3 Å². The molecule has 0 fully saturated rings. The molecule has 3 aliphatic carbocycles. The summed E-state index contributed by atoms with van der Waals surface area (Å²) in [7, 11) is 1.32. The number of ether oxygens (including phenoxy) is 1. The highest BCUT2D eigenvalue weighted by atomic mass is 16.5. The second-order valence-corrected chi connectivity index (χ2v) is 6.13. The van der Waals surface area contributed by atoms with E-state index in [1.54, 1.807) is 0 Å². The van der Waals surface area contributed by atoms with Crippen LogP contribution in [0.5, 0.6) is 0 Å². The van der Waals surface area contributed by atoms with Gasteiger partial charge in [-0.15, -0.1) is 0 Å². The number of esters is 1. The monoisotopic (exact) mass is 308 g/mol. The fourth-order valence-corrected chi connectivity index (χ4v) is 4.39. The van der Waals surface area contributed by atoms with Crippen LogP contribution in [0.3, 0.4) is 0 Å². The molecule has 0 saturated heterocycles. The Morgan fingerprint density at radius 2 is 1.22 bits per heavy atom. The van der Waals surface area contributed by atoms with Crippen LogP contribution < -0.4 is 0 Å². The van der Waals surface area contributed by atoms with Gasteiger partial charge < -0.3 is 9.84 Å². The first-order valence-corrected chi connectivity index (χ1v) is 7.63. The molecule has 2 unspecified atom stereocenters. The number of fused-ring (bicyclic) bond motifs is 1. The van der Waals surface area contributed by atoms with Crippen molar-refractivity contribution < 1.29 is 19.4 Å². The van der Waals surface area contributed by atoms with E-state index in [-0.39, 0.29) is 11.8 Å². The van der Waals surface area contributed by atoms with Gasteiger partial charge in [0.05, 0.1) is 18.9 Å². The number of carboxylic acids is 1. The number of methoxy groups -OCH3 is 1. The van der Waals surface area contributed by atoms with Crippen LogP contribution in [0, 0.1) is 11.8 Å². The van der Waals surface area contributed by atoms with Crippen molar-refractivity contribution in [2.75, 3.05) is 7.11 Å². The van der Waals surface area contributed by atoms with Crippen LogP contribution in [0.25, 0.3) is 0 Å². The van der Waals surface area contributed by atoms with Crippen molar-refractivity contribution in [1.29, 1.82) is 0 Å². The Morgan fingerprint density at radius 3 is 1.57 bits per heavy atom. The third-order valence-corrected chi connectivity index (χ3v) is 5.20. The Labute approximate surface area is 133 Å². The molecule has 23 heavy (non-hydrogen) atoms. The van der Waals surface area contributed by atoms with Crippen LogP contribution in [0.15, 0.2) is 48.5 Å². The normalized spacial score (nSPS) is 27.0. The van der Waals surface area contributed by atoms with Gasteiger partial charge in [0.25, 0.3) is 0 Å². The lowest BCUT2D eigenvalue weighted by molar-refractivity contribution is -0.158. The summed E-state index contributed by atoms with van der Waals surface area (Å²) in [5.41, 5.74) is 4.13. The van der Waals surface area contributed by atoms with Gasteiger partial charge in [0, 0.05) is 11.8 Å². The molecule has 0 heterocycles. The van der Waals surface area contributed by atoms with Crippen LogP contribution in [0.1, 0.15) is 34.1 Å². The van der Waals surface area contributed by atoms with Crippen molar-refractivity contribution >= 4 is 11.9 Å². The largest absolute Gasteiger partial charge is 0.481 e. The lowest BCUT2D eigenvalue weighted by atomic mass is 9.54. The molecule has 2 aromatic rings. The Kier molecular flexibility index (Phi) is 3.01. The maximum atomic E-state index is 12.4. The smallest absolute Gasteiger partial charge is 0.310 e. The predicted octanol–water partition coefficient (Wildman–Crippen LogP) is 2.77. The summed E-state index contributed by atoms with van der Waals surface area (Å²) in [6.07, 6.45) is 0. The van der Waals surface area contributed by atoms with E-state index < -0.39 is 23.8 Å². The molecule has 2 bridgehead atoms. The maximum Gasteiger partial charge on any atom is 0.310 e. The summed E-state index contributed by atoms with van der Waals surface area (Å²) < 4.78 is 4.95. The molecule has 0 saturated carbocycles. The molecule has 2 atom stereocenters. The SMILES string of the molecule is COC(=O)C1C(C(=O)O)[C@H]2c3ccccc3[C@H]1c1ccccc12. The highest BCUT2D eigenvalue weighted by molar-refractivity contribution is 5.87. The van der Waals surface area contributed by atoms with Gasteiger partial charge in [-0.3, -0.25) is 9.59 Å². The maximum absolute atomic E-state index is 12.4. The van der Waals surface area contributed by atoms with E-state index in [1.165, 1.54) is 7.11 Å². The first-order chi connectivity index (χ1) is 11.1. The minimum absolute atomic E-state index is 0.263. The molecule has 2 aromatic carbocycles. The van der Waals surface area contributed by atoms with Gasteiger partial charge in [-0.25, -0.2) is 0 Å².